The Balaban J connectivity index is 1.29. The van der Waals surface area contributed by atoms with Crippen molar-refractivity contribution < 1.29 is 14.3 Å². The standard InChI is InChI=1S/C25H29N3O3S/c1-3-31-23-7-5-4-6-22(23)25-27-19(17-32-25)16-24(29)26-18-12-14-28(15-13-18)20-8-10-21(30-2)11-9-20/h4-11,17-18H,3,12-16H2,1-2H3,(H,26,29). The van der Waals surface area contributed by atoms with Crippen LogP contribution in [-0.2, 0) is 11.2 Å². The van der Waals surface area contributed by atoms with Crippen molar-refractivity contribution in [3.8, 4) is 22.1 Å². The maximum Gasteiger partial charge on any atom is 0.226 e. The molecule has 1 fully saturated rings. The zero-order chi connectivity index (χ0) is 22.3. The molecule has 1 N–H and O–H groups in total. The zero-order valence-corrected chi connectivity index (χ0v) is 19.4. The second-order valence-corrected chi connectivity index (χ2v) is 8.63. The van der Waals surface area contributed by atoms with E-state index in [0.717, 1.165) is 53.7 Å². The topological polar surface area (TPSA) is 63.7 Å². The van der Waals surface area contributed by atoms with E-state index < -0.39 is 0 Å². The van der Waals surface area contributed by atoms with Gasteiger partial charge >= 0.3 is 0 Å². The molecule has 0 aliphatic carbocycles. The highest BCUT2D eigenvalue weighted by molar-refractivity contribution is 7.13. The van der Waals surface area contributed by atoms with E-state index in [1.807, 2.05) is 48.7 Å². The second-order valence-electron chi connectivity index (χ2n) is 7.78. The first-order valence-electron chi connectivity index (χ1n) is 11.0. The van der Waals surface area contributed by atoms with E-state index in [1.54, 1.807) is 18.4 Å². The fourth-order valence-corrected chi connectivity index (χ4v) is 4.80. The highest BCUT2D eigenvalue weighted by atomic mass is 32.1. The van der Waals surface area contributed by atoms with E-state index in [0.29, 0.717) is 13.0 Å². The first kappa shape index (κ1) is 22.1. The van der Waals surface area contributed by atoms with Gasteiger partial charge in [0.15, 0.2) is 0 Å². The second kappa shape index (κ2) is 10.5. The molecule has 0 bridgehead atoms. The van der Waals surface area contributed by atoms with Crippen molar-refractivity contribution in [2.45, 2.75) is 32.2 Å². The molecule has 1 aromatic heterocycles. The molecule has 1 amide bonds. The number of hydrogen-bond acceptors (Lipinski definition) is 6. The van der Waals surface area contributed by atoms with Gasteiger partial charge in [0.05, 0.1) is 31.4 Å². The van der Waals surface area contributed by atoms with E-state index >= 15 is 0 Å². The molecule has 0 spiro atoms. The predicted molar refractivity (Wildman–Crippen MR) is 129 cm³/mol. The van der Waals surface area contributed by atoms with Crippen LogP contribution in [0.5, 0.6) is 11.5 Å². The van der Waals surface area contributed by atoms with Crippen LogP contribution in [-0.4, -0.2) is 43.7 Å². The normalized spacial score (nSPS) is 14.2. The smallest absolute Gasteiger partial charge is 0.226 e. The van der Waals surface area contributed by atoms with Crippen LogP contribution in [0.1, 0.15) is 25.5 Å². The van der Waals surface area contributed by atoms with Gasteiger partial charge < -0.3 is 19.7 Å². The van der Waals surface area contributed by atoms with Crippen LogP contribution in [0.25, 0.3) is 10.6 Å². The zero-order valence-electron chi connectivity index (χ0n) is 18.5. The summed E-state index contributed by atoms with van der Waals surface area (Å²) in [6.07, 6.45) is 2.16. The number of hydrogen-bond donors (Lipinski definition) is 1. The van der Waals surface area contributed by atoms with Crippen LogP contribution in [0.4, 0.5) is 5.69 Å². The summed E-state index contributed by atoms with van der Waals surface area (Å²) < 4.78 is 10.9. The van der Waals surface area contributed by atoms with Crippen LogP contribution in [0, 0.1) is 0 Å². The summed E-state index contributed by atoms with van der Waals surface area (Å²) in [5.41, 5.74) is 2.96. The third kappa shape index (κ3) is 5.40. The minimum atomic E-state index is 0.0304. The number of amides is 1. The Morgan fingerprint density at radius 1 is 1.16 bits per heavy atom. The summed E-state index contributed by atoms with van der Waals surface area (Å²) in [6, 6.07) is 16.2. The average molecular weight is 452 g/mol. The number of carbonyl (C=O) groups is 1. The Morgan fingerprint density at radius 3 is 2.62 bits per heavy atom. The van der Waals surface area contributed by atoms with Gasteiger partial charge in [0, 0.05) is 30.2 Å². The number of para-hydroxylation sites is 1. The maximum atomic E-state index is 12.6. The molecule has 0 unspecified atom stereocenters. The molecule has 7 heteroatoms. The van der Waals surface area contributed by atoms with E-state index in [1.165, 1.54) is 5.69 Å². The van der Waals surface area contributed by atoms with Gasteiger partial charge in [0.25, 0.3) is 0 Å². The number of piperidine rings is 1. The summed E-state index contributed by atoms with van der Waals surface area (Å²) >= 11 is 1.54. The lowest BCUT2D eigenvalue weighted by Crippen LogP contribution is -2.45. The number of rotatable bonds is 8. The van der Waals surface area contributed by atoms with E-state index in [4.69, 9.17) is 9.47 Å². The highest BCUT2D eigenvalue weighted by Gasteiger charge is 2.21. The molecule has 0 saturated carbocycles. The minimum Gasteiger partial charge on any atom is -0.497 e. The summed E-state index contributed by atoms with van der Waals surface area (Å²) in [7, 11) is 1.68. The lowest BCUT2D eigenvalue weighted by molar-refractivity contribution is -0.121. The van der Waals surface area contributed by atoms with Crippen LogP contribution < -0.4 is 19.7 Å². The molecule has 168 valence electrons. The minimum absolute atomic E-state index is 0.0304. The maximum absolute atomic E-state index is 12.6. The van der Waals surface area contributed by atoms with E-state index in [9.17, 15) is 4.79 Å². The SMILES string of the molecule is CCOc1ccccc1-c1nc(CC(=O)NC2CCN(c3ccc(OC)cc3)CC2)cs1. The average Bonchev–Trinajstić information content (AvgIpc) is 3.28. The quantitative estimate of drug-likeness (QED) is 0.545. The molecule has 3 aromatic rings. The van der Waals surface area contributed by atoms with Crippen molar-refractivity contribution in [3.63, 3.8) is 0 Å². The highest BCUT2D eigenvalue weighted by Crippen LogP contribution is 2.32. The van der Waals surface area contributed by atoms with Crippen molar-refractivity contribution in [3.05, 3.63) is 59.6 Å². The number of methoxy groups -OCH3 is 1. The molecule has 32 heavy (non-hydrogen) atoms. The number of nitrogens with one attached hydrogen (secondary N) is 1. The summed E-state index contributed by atoms with van der Waals surface area (Å²) in [5.74, 6) is 1.72. The van der Waals surface area contributed by atoms with Gasteiger partial charge in [-0.3, -0.25) is 4.79 Å². The number of aromatic nitrogens is 1. The number of benzene rings is 2. The number of ether oxygens (including phenoxy) is 2. The van der Waals surface area contributed by atoms with Crippen molar-refractivity contribution in [2.24, 2.45) is 0 Å². The van der Waals surface area contributed by atoms with Crippen molar-refractivity contribution in [1.82, 2.24) is 10.3 Å². The van der Waals surface area contributed by atoms with Crippen LogP contribution in [0.3, 0.4) is 0 Å². The first-order valence-corrected chi connectivity index (χ1v) is 11.9. The molecule has 1 aliphatic heterocycles. The number of carbonyl (C=O) groups excluding carboxylic acids is 1. The van der Waals surface area contributed by atoms with Gasteiger partial charge in [0.1, 0.15) is 16.5 Å². The van der Waals surface area contributed by atoms with Crippen LogP contribution in [0.15, 0.2) is 53.9 Å². The van der Waals surface area contributed by atoms with Crippen LogP contribution >= 0.6 is 11.3 Å². The van der Waals surface area contributed by atoms with Gasteiger partial charge in [-0.15, -0.1) is 11.3 Å². The van der Waals surface area contributed by atoms with E-state index in [-0.39, 0.29) is 11.9 Å². The first-order chi connectivity index (χ1) is 15.7. The molecule has 1 saturated heterocycles. The lowest BCUT2D eigenvalue weighted by Gasteiger charge is -2.34. The largest absolute Gasteiger partial charge is 0.497 e. The molecule has 4 rings (SSSR count). The summed E-state index contributed by atoms with van der Waals surface area (Å²) in [5, 5.41) is 6.03. The monoisotopic (exact) mass is 451 g/mol. The van der Waals surface area contributed by atoms with Gasteiger partial charge in [-0.05, 0) is 56.2 Å². The summed E-state index contributed by atoms with van der Waals surface area (Å²) in [4.78, 5) is 19.7. The van der Waals surface area contributed by atoms with Crippen LogP contribution in [0.2, 0.25) is 0 Å². The fourth-order valence-electron chi connectivity index (χ4n) is 3.95. The van der Waals surface area contributed by atoms with Gasteiger partial charge in [-0.1, -0.05) is 12.1 Å². The van der Waals surface area contributed by atoms with E-state index in [2.05, 4.69) is 27.3 Å². The Morgan fingerprint density at radius 2 is 1.91 bits per heavy atom. The molecule has 1 aliphatic rings. The van der Waals surface area contributed by atoms with Gasteiger partial charge in [-0.2, -0.15) is 0 Å². The molecule has 2 heterocycles. The predicted octanol–water partition coefficient (Wildman–Crippen LogP) is 4.55. The van der Waals surface area contributed by atoms with Gasteiger partial charge in [0.2, 0.25) is 5.91 Å². The Labute approximate surface area is 193 Å². The Hall–Kier alpha value is -3.06. The van der Waals surface area contributed by atoms with Crippen molar-refractivity contribution in [2.75, 3.05) is 31.7 Å². The lowest BCUT2D eigenvalue weighted by atomic mass is 10.0. The third-order valence-electron chi connectivity index (χ3n) is 5.61. The molecular formula is C25H29N3O3S. The number of thiazole rings is 1. The number of nitrogens with zero attached hydrogens (tertiary/aromatic N) is 2. The molecule has 0 radical (unpaired) electrons. The Bertz CT molecular complexity index is 1030. The molecule has 2 aromatic carbocycles. The molecule has 0 atom stereocenters. The van der Waals surface area contributed by atoms with Crippen molar-refractivity contribution in [1.29, 1.82) is 0 Å². The third-order valence-corrected chi connectivity index (χ3v) is 6.53. The van der Waals surface area contributed by atoms with Gasteiger partial charge in [-0.25, -0.2) is 4.98 Å². The molecule has 6 nitrogen and oxygen atoms in total. The summed E-state index contributed by atoms with van der Waals surface area (Å²) in [6.45, 7) is 4.42. The number of anilines is 1. The fraction of sp³-hybridized carbons (Fsp3) is 0.360. The molecular weight excluding hydrogens is 422 g/mol. The Kier molecular flexibility index (Phi) is 7.27. The van der Waals surface area contributed by atoms with Crippen molar-refractivity contribution >= 4 is 22.9 Å².